The normalized spacial score (nSPS) is 24.9. The monoisotopic (exact) mass is 223 g/mol. The van der Waals surface area contributed by atoms with Gasteiger partial charge in [0.1, 0.15) is 0 Å². The Balaban J connectivity index is 1.58. The molecule has 4 heteroatoms. The predicted molar refractivity (Wildman–Crippen MR) is 63.9 cm³/mol. The van der Waals surface area contributed by atoms with Crippen LogP contribution in [0.3, 0.4) is 0 Å². The number of hydrogen-bond donors (Lipinski definition) is 2. The van der Waals surface area contributed by atoms with E-state index in [1.807, 2.05) is 11.6 Å². The largest absolute Gasteiger partial charge is 0.324 e. The maximum atomic E-state index is 5.78. The third kappa shape index (κ3) is 3.41. The summed E-state index contributed by atoms with van der Waals surface area (Å²) in [5, 5.41) is 6.68. The summed E-state index contributed by atoms with van der Waals surface area (Å²) in [5.74, 6) is 0.622. The second kappa shape index (κ2) is 5.39. The molecule has 15 heavy (non-hydrogen) atoms. The Labute approximate surface area is 94.4 Å². The lowest BCUT2D eigenvalue weighted by atomic mass is 10.1. The minimum absolute atomic E-state index is 0.274. The van der Waals surface area contributed by atoms with E-state index < -0.39 is 0 Å². The zero-order valence-electron chi connectivity index (χ0n) is 8.73. The van der Waals surface area contributed by atoms with Crippen molar-refractivity contribution in [3.05, 3.63) is 28.7 Å². The highest BCUT2D eigenvalue weighted by molar-refractivity contribution is 7.09. The van der Waals surface area contributed by atoms with Gasteiger partial charge in [-0.05, 0) is 12.3 Å². The second-order valence-corrected chi connectivity index (χ2v) is 4.90. The first-order chi connectivity index (χ1) is 7.34. The van der Waals surface area contributed by atoms with Gasteiger partial charge >= 0.3 is 0 Å². The lowest BCUT2D eigenvalue weighted by Crippen LogP contribution is -2.25. The third-order valence-corrected chi connectivity index (χ3v) is 3.45. The van der Waals surface area contributed by atoms with Gasteiger partial charge < -0.3 is 11.1 Å². The van der Waals surface area contributed by atoms with Gasteiger partial charge in [-0.25, -0.2) is 4.98 Å². The molecule has 3 nitrogen and oxygen atoms in total. The van der Waals surface area contributed by atoms with Gasteiger partial charge in [-0.15, -0.1) is 11.3 Å². The van der Waals surface area contributed by atoms with E-state index in [0.29, 0.717) is 5.92 Å². The van der Waals surface area contributed by atoms with Crippen LogP contribution in [-0.4, -0.2) is 24.1 Å². The van der Waals surface area contributed by atoms with Crippen LogP contribution in [0.5, 0.6) is 0 Å². The van der Waals surface area contributed by atoms with Crippen LogP contribution in [0, 0.1) is 5.92 Å². The average Bonchev–Trinajstić information content (AvgIpc) is 2.84. The SMILES string of the molecule is NC1C=CC(CNCCc2nccs2)C1. The molecule has 1 aromatic heterocycles. The van der Waals surface area contributed by atoms with E-state index in [-0.39, 0.29) is 6.04 Å². The van der Waals surface area contributed by atoms with Crippen molar-refractivity contribution >= 4 is 11.3 Å². The van der Waals surface area contributed by atoms with Crippen LogP contribution in [0.1, 0.15) is 11.4 Å². The molecule has 3 N–H and O–H groups in total. The van der Waals surface area contributed by atoms with Gasteiger partial charge in [0.2, 0.25) is 0 Å². The molecule has 0 bridgehead atoms. The van der Waals surface area contributed by atoms with Crippen molar-refractivity contribution in [2.24, 2.45) is 11.7 Å². The first kappa shape index (κ1) is 10.8. The van der Waals surface area contributed by atoms with E-state index in [1.54, 1.807) is 11.3 Å². The number of thiazole rings is 1. The highest BCUT2D eigenvalue weighted by Crippen LogP contribution is 2.14. The Kier molecular flexibility index (Phi) is 3.88. The minimum atomic E-state index is 0.274. The highest BCUT2D eigenvalue weighted by atomic mass is 32.1. The summed E-state index contributed by atoms with van der Waals surface area (Å²) in [6.07, 6.45) is 8.30. The molecule has 0 aliphatic heterocycles. The summed E-state index contributed by atoms with van der Waals surface area (Å²) in [4.78, 5) is 4.24. The molecule has 0 saturated carbocycles. The van der Waals surface area contributed by atoms with Crippen molar-refractivity contribution in [3.8, 4) is 0 Å². The molecular weight excluding hydrogens is 206 g/mol. The standard InChI is InChI=1S/C11H17N3S/c12-10-2-1-9(7-10)8-13-4-3-11-14-5-6-15-11/h1-2,5-6,9-10,13H,3-4,7-8,12H2. The molecule has 2 rings (SSSR count). The van der Waals surface area contributed by atoms with Gasteiger partial charge in [-0.3, -0.25) is 0 Å². The number of nitrogens with zero attached hydrogens (tertiary/aromatic N) is 1. The van der Waals surface area contributed by atoms with Gasteiger partial charge in [0.15, 0.2) is 0 Å². The summed E-state index contributed by atoms with van der Waals surface area (Å²) in [6, 6.07) is 0.274. The van der Waals surface area contributed by atoms with Crippen LogP contribution in [0.25, 0.3) is 0 Å². The molecule has 0 spiro atoms. The van der Waals surface area contributed by atoms with Crippen molar-refractivity contribution in [2.45, 2.75) is 18.9 Å². The third-order valence-electron chi connectivity index (χ3n) is 2.61. The first-order valence-corrected chi connectivity index (χ1v) is 6.25. The number of nitrogens with one attached hydrogen (secondary N) is 1. The lowest BCUT2D eigenvalue weighted by Gasteiger charge is -2.09. The molecule has 1 heterocycles. The second-order valence-electron chi connectivity index (χ2n) is 3.92. The van der Waals surface area contributed by atoms with Crippen molar-refractivity contribution in [1.82, 2.24) is 10.3 Å². The number of hydrogen-bond acceptors (Lipinski definition) is 4. The quantitative estimate of drug-likeness (QED) is 0.582. The fraction of sp³-hybridized carbons (Fsp3) is 0.545. The summed E-state index contributed by atoms with van der Waals surface area (Å²) in [7, 11) is 0. The van der Waals surface area contributed by atoms with E-state index in [1.165, 1.54) is 5.01 Å². The molecule has 0 saturated heterocycles. The molecular formula is C11H17N3S. The fourth-order valence-corrected chi connectivity index (χ4v) is 2.44. The van der Waals surface area contributed by atoms with Crippen LogP contribution in [0.2, 0.25) is 0 Å². The van der Waals surface area contributed by atoms with E-state index in [9.17, 15) is 0 Å². The van der Waals surface area contributed by atoms with Crippen LogP contribution in [0.15, 0.2) is 23.7 Å². The predicted octanol–water partition coefficient (Wildman–Crippen LogP) is 1.18. The summed E-state index contributed by atoms with van der Waals surface area (Å²) >= 11 is 1.72. The molecule has 1 aliphatic carbocycles. The van der Waals surface area contributed by atoms with E-state index in [4.69, 9.17) is 5.73 Å². The molecule has 0 amide bonds. The van der Waals surface area contributed by atoms with E-state index in [0.717, 1.165) is 25.9 Å². The Morgan fingerprint density at radius 2 is 2.47 bits per heavy atom. The van der Waals surface area contributed by atoms with Crippen LogP contribution < -0.4 is 11.1 Å². The Bertz CT molecular complexity index is 308. The molecule has 0 fully saturated rings. The van der Waals surface area contributed by atoms with Gasteiger partial charge in [0.25, 0.3) is 0 Å². The van der Waals surface area contributed by atoms with E-state index >= 15 is 0 Å². The zero-order valence-corrected chi connectivity index (χ0v) is 9.54. The molecule has 82 valence electrons. The molecule has 2 unspecified atom stereocenters. The Hall–Kier alpha value is -0.710. The number of aromatic nitrogens is 1. The maximum absolute atomic E-state index is 5.78. The number of nitrogens with two attached hydrogens (primary N) is 1. The number of rotatable bonds is 5. The molecule has 0 radical (unpaired) electrons. The van der Waals surface area contributed by atoms with Gasteiger partial charge in [-0.2, -0.15) is 0 Å². The molecule has 1 aromatic rings. The van der Waals surface area contributed by atoms with Crippen molar-refractivity contribution in [3.63, 3.8) is 0 Å². The minimum Gasteiger partial charge on any atom is -0.324 e. The first-order valence-electron chi connectivity index (χ1n) is 5.37. The van der Waals surface area contributed by atoms with Crippen LogP contribution in [-0.2, 0) is 6.42 Å². The average molecular weight is 223 g/mol. The fourth-order valence-electron chi connectivity index (χ4n) is 1.82. The smallest absolute Gasteiger partial charge is 0.0937 e. The summed E-state index contributed by atoms with van der Waals surface area (Å²) in [6.45, 7) is 2.04. The summed E-state index contributed by atoms with van der Waals surface area (Å²) < 4.78 is 0. The molecule has 1 aliphatic rings. The van der Waals surface area contributed by atoms with Gasteiger partial charge in [0.05, 0.1) is 5.01 Å². The highest BCUT2D eigenvalue weighted by Gasteiger charge is 2.14. The van der Waals surface area contributed by atoms with Crippen molar-refractivity contribution < 1.29 is 0 Å². The maximum Gasteiger partial charge on any atom is 0.0937 e. The summed E-state index contributed by atoms with van der Waals surface area (Å²) in [5.41, 5.74) is 5.78. The Morgan fingerprint density at radius 1 is 1.53 bits per heavy atom. The van der Waals surface area contributed by atoms with Crippen LogP contribution in [0.4, 0.5) is 0 Å². The van der Waals surface area contributed by atoms with Crippen LogP contribution >= 0.6 is 11.3 Å². The van der Waals surface area contributed by atoms with Gasteiger partial charge in [0, 0.05) is 37.1 Å². The van der Waals surface area contributed by atoms with Crippen molar-refractivity contribution in [2.75, 3.05) is 13.1 Å². The lowest BCUT2D eigenvalue weighted by molar-refractivity contribution is 0.529. The van der Waals surface area contributed by atoms with E-state index in [2.05, 4.69) is 22.5 Å². The zero-order chi connectivity index (χ0) is 10.5. The molecule has 0 aromatic carbocycles. The molecule has 2 atom stereocenters. The topological polar surface area (TPSA) is 50.9 Å². The Morgan fingerprint density at radius 3 is 3.13 bits per heavy atom. The van der Waals surface area contributed by atoms with Gasteiger partial charge in [-0.1, -0.05) is 12.2 Å². The van der Waals surface area contributed by atoms with Crippen molar-refractivity contribution in [1.29, 1.82) is 0 Å².